The largest absolute Gasteiger partial charge is 0.377 e. The lowest BCUT2D eigenvalue weighted by Crippen LogP contribution is -2.50. The summed E-state index contributed by atoms with van der Waals surface area (Å²) in [4.78, 5) is 29.0. The second-order valence-corrected chi connectivity index (χ2v) is 9.58. The van der Waals surface area contributed by atoms with Gasteiger partial charge in [0, 0.05) is 56.6 Å². The number of urea groups is 1. The molecule has 3 amide bonds. The van der Waals surface area contributed by atoms with Gasteiger partial charge in [0.15, 0.2) is 0 Å². The second-order valence-electron chi connectivity index (χ2n) is 9.58. The number of ether oxygens (including phenoxy) is 1. The third kappa shape index (κ3) is 7.20. The number of anilines is 2. The van der Waals surface area contributed by atoms with Crippen LogP contribution in [0.3, 0.4) is 0 Å². The van der Waals surface area contributed by atoms with E-state index in [2.05, 4.69) is 10.6 Å². The first-order chi connectivity index (χ1) is 14.0. The number of nitrogens with one attached hydrogen (secondary N) is 2. The van der Waals surface area contributed by atoms with Crippen molar-refractivity contribution in [1.29, 1.82) is 0 Å². The van der Waals surface area contributed by atoms with Crippen LogP contribution in [0.5, 0.6) is 0 Å². The fourth-order valence-electron chi connectivity index (χ4n) is 3.37. The summed E-state index contributed by atoms with van der Waals surface area (Å²) in [5, 5.41) is 6.03. The van der Waals surface area contributed by atoms with Crippen LogP contribution in [0, 0.1) is 5.92 Å². The van der Waals surface area contributed by atoms with Gasteiger partial charge in [-0.25, -0.2) is 4.79 Å². The van der Waals surface area contributed by atoms with E-state index in [1.165, 1.54) is 0 Å². The highest BCUT2D eigenvalue weighted by Gasteiger charge is 2.26. The Balaban J connectivity index is 2.30. The van der Waals surface area contributed by atoms with Crippen LogP contribution in [-0.2, 0) is 16.1 Å². The quantitative estimate of drug-likeness (QED) is 0.706. The predicted octanol–water partition coefficient (Wildman–Crippen LogP) is 3.84. The Hall–Kier alpha value is -2.28. The van der Waals surface area contributed by atoms with Gasteiger partial charge < -0.3 is 25.2 Å². The number of carbonyl (C=O) groups is 2. The highest BCUT2D eigenvalue weighted by molar-refractivity contribution is 5.92. The molecule has 0 unspecified atom stereocenters. The van der Waals surface area contributed by atoms with Crippen molar-refractivity contribution in [3.8, 4) is 0 Å². The molecule has 2 rings (SSSR count). The molecule has 1 heterocycles. The Morgan fingerprint density at radius 3 is 2.47 bits per heavy atom. The number of carbonyl (C=O) groups excluding carboxylic acids is 2. The summed E-state index contributed by atoms with van der Waals surface area (Å²) < 4.78 is 5.79. The normalized spacial score (nSPS) is 16.5. The SMILES string of the molecule is CC(C)C(=O)Nc1ccc(N(C)C)c(CN(C[C@@H]2CCCO2)C(=O)NC(C)(C)C)c1. The Labute approximate surface area is 181 Å². The molecule has 1 aromatic carbocycles. The van der Waals surface area contributed by atoms with Crippen LogP contribution in [0.25, 0.3) is 0 Å². The molecular weight excluding hydrogens is 380 g/mol. The minimum Gasteiger partial charge on any atom is -0.377 e. The number of hydrogen-bond donors (Lipinski definition) is 2. The minimum absolute atomic E-state index is 0.0276. The average Bonchev–Trinajstić information content (AvgIpc) is 3.12. The van der Waals surface area contributed by atoms with Gasteiger partial charge in [-0.05, 0) is 57.4 Å². The monoisotopic (exact) mass is 418 g/mol. The minimum atomic E-state index is -0.330. The van der Waals surface area contributed by atoms with Crippen LogP contribution in [0.1, 0.15) is 53.0 Å². The highest BCUT2D eigenvalue weighted by Crippen LogP contribution is 2.26. The molecule has 168 valence electrons. The van der Waals surface area contributed by atoms with E-state index >= 15 is 0 Å². The maximum Gasteiger partial charge on any atom is 0.318 e. The van der Waals surface area contributed by atoms with Crippen molar-refractivity contribution in [3.63, 3.8) is 0 Å². The number of hydrogen-bond acceptors (Lipinski definition) is 4. The van der Waals surface area contributed by atoms with Crippen molar-refractivity contribution in [2.45, 2.75) is 65.6 Å². The third-order valence-corrected chi connectivity index (χ3v) is 4.93. The number of amides is 3. The zero-order valence-corrected chi connectivity index (χ0v) is 19.5. The Morgan fingerprint density at radius 1 is 1.23 bits per heavy atom. The van der Waals surface area contributed by atoms with E-state index < -0.39 is 0 Å². The molecule has 0 aromatic heterocycles. The smallest absolute Gasteiger partial charge is 0.318 e. The number of benzene rings is 1. The van der Waals surface area contributed by atoms with Gasteiger partial charge in [0.25, 0.3) is 0 Å². The lowest BCUT2D eigenvalue weighted by molar-refractivity contribution is -0.118. The standard InChI is InChI=1S/C23H38N4O3/c1-16(2)21(28)24-18-10-11-20(26(6)7)17(13-18)14-27(15-19-9-8-12-30-19)22(29)25-23(3,4)5/h10-11,13,16,19H,8-9,12,14-15H2,1-7H3,(H,24,28)(H,25,29)/t19-/m0/s1. The molecule has 0 aliphatic carbocycles. The highest BCUT2D eigenvalue weighted by atomic mass is 16.5. The van der Waals surface area contributed by atoms with Gasteiger partial charge in [-0.2, -0.15) is 0 Å². The molecule has 7 heteroatoms. The van der Waals surface area contributed by atoms with Crippen molar-refractivity contribution in [3.05, 3.63) is 23.8 Å². The van der Waals surface area contributed by atoms with Crippen LogP contribution in [0.4, 0.5) is 16.2 Å². The van der Waals surface area contributed by atoms with E-state index in [9.17, 15) is 9.59 Å². The van der Waals surface area contributed by atoms with Gasteiger partial charge in [-0.15, -0.1) is 0 Å². The van der Waals surface area contributed by atoms with Gasteiger partial charge in [-0.1, -0.05) is 13.8 Å². The fraction of sp³-hybridized carbons (Fsp3) is 0.652. The summed E-state index contributed by atoms with van der Waals surface area (Å²) in [6, 6.07) is 5.73. The van der Waals surface area contributed by atoms with Gasteiger partial charge >= 0.3 is 6.03 Å². The van der Waals surface area contributed by atoms with Crippen molar-refractivity contribution in [2.24, 2.45) is 5.92 Å². The van der Waals surface area contributed by atoms with Crippen LogP contribution in [0.2, 0.25) is 0 Å². The first kappa shape index (κ1) is 24.0. The maximum atomic E-state index is 13.1. The van der Waals surface area contributed by atoms with Crippen LogP contribution in [0.15, 0.2) is 18.2 Å². The van der Waals surface area contributed by atoms with E-state index in [0.29, 0.717) is 13.1 Å². The van der Waals surface area contributed by atoms with Crippen molar-refractivity contribution >= 4 is 23.3 Å². The third-order valence-electron chi connectivity index (χ3n) is 4.93. The molecule has 1 saturated heterocycles. The van der Waals surface area contributed by atoms with Gasteiger partial charge in [0.2, 0.25) is 5.91 Å². The fourth-order valence-corrected chi connectivity index (χ4v) is 3.37. The van der Waals surface area contributed by atoms with E-state index in [0.717, 1.165) is 36.4 Å². The number of rotatable bonds is 7. The first-order valence-electron chi connectivity index (χ1n) is 10.8. The Bertz CT molecular complexity index is 734. The molecule has 1 fully saturated rings. The van der Waals surface area contributed by atoms with Crippen molar-refractivity contribution < 1.29 is 14.3 Å². The lowest BCUT2D eigenvalue weighted by atomic mass is 10.1. The summed E-state index contributed by atoms with van der Waals surface area (Å²) in [5.41, 5.74) is 2.40. The van der Waals surface area contributed by atoms with Gasteiger partial charge in [0.1, 0.15) is 0 Å². The molecule has 1 aromatic rings. The molecule has 2 N–H and O–H groups in total. The Morgan fingerprint density at radius 2 is 1.93 bits per heavy atom. The summed E-state index contributed by atoms with van der Waals surface area (Å²) in [6.45, 7) is 11.4. The molecule has 1 aliphatic heterocycles. The Kier molecular flexibility index (Phi) is 8.12. The van der Waals surface area contributed by atoms with Crippen LogP contribution < -0.4 is 15.5 Å². The molecule has 30 heavy (non-hydrogen) atoms. The van der Waals surface area contributed by atoms with Crippen molar-refractivity contribution in [2.75, 3.05) is 37.5 Å². The summed E-state index contributed by atoms with van der Waals surface area (Å²) >= 11 is 0. The van der Waals surface area contributed by atoms with E-state index in [1.54, 1.807) is 0 Å². The van der Waals surface area contributed by atoms with Gasteiger partial charge in [-0.3, -0.25) is 4.79 Å². The molecule has 0 bridgehead atoms. The summed E-state index contributed by atoms with van der Waals surface area (Å²) in [7, 11) is 3.95. The summed E-state index contributed by atoms with van der Waals surface area (Å²) in [5.74, 6) is -0.129. The lowest BCUT2D eigenvalue weighted by Gasteiger charge is -2.31. The van der Waals surface area contributed by atoms with Crippen molar-refractivity contribution in [1.82, 2.24) is 10.2 Å². The molecule has 1 aliphatic rings. The van der Waals surface area contributed by atoms with Crippen LogP contribution in [-0.4, -0.2) is 55.7 Å². The van der Waals surface area contributed by atoms with E-state index in [1.807, 2.05) is 76.7 Å². The molecule has 7 nitrogen and oxygen atoms in total. The molecule has 0 saturated carbocycles. The number of nitrogens with zero attached hydrogens (tertiary/aromatic N) is 2. The van der Waals surface area contributed by atoms with E-state index in [-0.39, 0.29) is 29.5 Å². The molecular formula is C23H38N4O3. The second kappa shape index (κ2) is 10.2. The maximum absolute atomic E-state index is 13.1. The molecule has 0 spiro atoms. The molecule has 0 radical (unpaired) electrons. The molecule has 1 atom stereocenters. The summed E-state index contributed by atoms with van der Waals surface area (Å²) in [6.07, 6.45) is 2.05. The topological polar surface area (TPSA) is 73.9 Å². The zero-order valence-electron chi connectivity index (χ0n) is 19.5. The predicted molar refractivity (Wildman–Crippen MR) is 122 cm³/mol. The van der Waals surface area contributed by atoms with Gasteiger partial charge in [0.05, 0.1) is 6.10 Å². The van der Waals surface area contributed by atoms with Crippen LogP contribution >= 0.6 is 0 Å². The average molecular weight is 419 g/mol. The first-order valence-corrected chi connectivity index (χ1v) is 10.8. The van der Waals surface area contributed by atoms with E-state index in [4.69, 9.17) is 4.74 Å². The zero-order chi connectivity index (χ0) is 22.5.